The molecule has 37 heavy (non-hydrogen) atoms. The molecule has 5 aromatic rings. The van der Waals surface area contributed by atoms with Crippen molar-refractivity contribution in [2.75, 3.05) is 17.3 Å². The lowest BCUT2D eigenvalue weighted by Crippen LogP contribution is -2.19. The molecule has 0 spiro atoms. The van der Waals surface area contributed by atoms with E-state index in [1.807, 2.05) is 84.7 Å². The normalized spacial score (nSPS) is 10.6. The van der Waals surface area contributed by atoms with Gasteiger partial charge in [-0.1, -0.05) is 66.7 Å². The number of benzene rings is 3. The van der Waals surface area contributed by atoms with E-state index in [1.54, 1.807) is 36.7 Å². The number of hydrogen-bond donors (Lipinski definition) is 1. The lowest BCUT2D eigenvalue weighted by Gasteiger charge is -2.22. The molecule has 182 valence electrons. The highest BCUT2D eigenvalue weighted by atomic mass is 16.5. The number of pyridine rings is 2. The van der Waals surface area contributed by atoms with Crippen molar-refractivity contribution in [3.63, 3.8) is 0 Å². The van der Waals surface area contributed by atoms with E-state index in [2.05, 4.69) is 15.3 Å². The Balaban J connectivity index is 1.34. The molecule has 0 fully saturated rings. The summed E-state index contributed by atoms with van der Waals surface area (Å²) in [6, 6.07) is 29.8. The molecule has 1 N–H and O–H groups in total. The number of fused-ring (bicyclic) bond motifs is 1. The van der Waals surface area contributed by atoms with Crippen LogP contribution in [0.15, 0.2) is 109 Å². The number of esters is 1. The van der Waals surface area contributed by atoms with Crippen molar-refractivity contribution >= 4 is 39.8 Å². The summed E-state index contributed by atoms with van der Waals surface area (Å²) in [4.78, 5) is 36.2. The first-order chi connectivity index (χ1) is 18.1. The number of anilines is 3. The zero-order chi connectivity index (χ0) is 25.6. The Morgan fingerprint density at radius 2 is 1.57 bits per heavy atom. The highest BCUT2D eigenvalue weighted by molar-refractivity contribution is 6.08. The zero-order valence-corrected chi connectivity index (χ0v) is 20.2. The van der Waals surface area contributed by atoms with Gasteiger partial charge in [0.25, 0.3) is 5.91 Å². The maximum atomic E-state index is 13.2. The molecular formula is C30H24N4O3. The average Bonchev–Trinajstić information content (AvgIpc) is 2.96. The number of amides is 1. The Morgan fingerprint density at radius 1 is 0.838 bits per heavy atom. The van der Waals surface area contributed by atoms with Crippen LogP contribution in [-0.2, 0) is 11.3 Å². The van der Waals surface area contributed by atoms with Crippen molar-refractivity contribution in [2.45, 2.75) is 6.61 Å². The Bertz CT molecular complexity index is 1570. The molecule has 2 aromatic heterocycles. The fraction of sp³-hybridized carbons (Fsp3) is 0.0667. The molecule has 0 aliphatic heterocycles. The second kappa shape index (κ2) is 10.7. The molecule has 0 saturated carbocycles. The summed E-state index contributed by atoms with van der Waals surface area (Å²) >= 11 is 0. The van der Waals surface area contributed by atoms with Crippen LogP contribution in [0.4, 0.5) is 17.2 Å². The molecule has 3 aromatic carbocycles. The second-order valence-electron chi connectivity index (χ2n) is 8.41. The summed E-state index contributed by atoms with van der Waals surface area (Å²) in [5, 5.41) is 4.88. The van der Waals surface area contributed by atoms with Crippen LogP contribution in [0.5, 0.6) is 0 Å². The molecule has 0 bridgehead atoms. The second-order valence-corrected chi connectivity index (χ2v) is 8.41. The lowest BCUT2D eigenvalue weighted by molar-refractivity contribution is 0.0465. The van der Waals surface area contributed by atoms with E-state index >= 15 is 0 Å². The molecule has 2 heterocycles. The van der Waals surface area contributed by atoms with Crippen molar-refractivity contribution in [3.05, 3.63) is 126 Å². The van der Waals surface area contributed by atoms with Crippen molar-refractivity contribution in [1.82, 2.24) is 9.97 Å². The third kappa shape index (κ3) is 5.46. The lowest BCUT2D eigenvalue weighted by atomic mass is 10.1. The first-order valence-corrected chi connectivity index (χ1v) is 11.7. The Kier molecular flexibility index (Phi) is 6.85. The van der Waals surface area contributed by atoms with Gasteiger partial charge in [-0.15, -0.1) is 0 Å². The third-order valence-corrected chi connectivity index (χ3v) is 5.94. The molecule has 7 heteroatoms. The van der Waals surface area contributed by atoms with Gasteiger partial charge in [0.2, 0.25) is 0 Å². The molecule has 7 nitrogen and oxygen atoms in total. The largest absolute Gasteiger partial charge is 0.456 e. The van der Waals surface area contributed by atoms with Gasteiger partial charge in [0, 0.05) is 30.5 Å². The van der Waals surface area contributed by atoms with Crippen LogP contribution in [0.3, 0.4) is 0 Å². The molecule has 0 aliphatic rings. The maximum Gasteiger partial charge on any atom is 0.357 e. The number of para-hydroxylation sites is 1. The van der Waals surface area contributed by atoms with Crippen LogP contribution in [0, 0.1) is 0 Å². The van der Waals surface area contributed by atoms with Gasteiger partial charge in [-0.2, -0.15) is 0 Å². The summed E-state index contributed by atoms with van der Waals surface area (Å²) in [6.07, 6.45) is 3.28. The van der Waals surface area contributed by atoms with E-state index in [0.29, 0.717) is 22.8 Å². The summed E-state index contributed by atoms with van der Waals surface area (Å²) in [6.45, 7) is 0.160. The zero-order valence-electron chi connectivity index (χ0n) is 20.2. The number of carbonyl (C=O) groups is 2. The van der Waals surface area contributed by atoms with Gasteiger partial charge in [-0.05, 0) is 41.3 Å². The van der Waals surface area contributed by atoms with Crippen molar-refractivity contribution in [3.8, 4) is 0 Å². The Hall–Kier alpha value is -5.04. The van der Waals surface area contributed by atoms with Gasteiger partial charge in [-0.25, -0.2) is 14.8 Å². The molecule has 5 rings (SSSR count). The van der Waals surface area contributed by atoms with E-state index in [1.165, 1.54) is 0 Å². The fourth-order valence-corrected chi connectivity index (χ4v) is 3.97. The van der Waals surface area contributed by atoms with Crippen LogP contribution in [0.1, 0.15) is 26.4 Å². The van der Waals surface area contributed by atoms with Gasteiger partial charge >= 0.3 is 5.97 Å². The highest BCUT2D eigenvalue weighted by Gasteiger charge is 2.18. The minimum absolute atomic E-state index is 0.160. The molecular weight excluding hydrogens is 464 g/mol. The number of nitrogens with one attached hydrogen (secondary N) is 1. The van der Waals surface area contributed by atoms with E-state index < -0.39 is 5.97 Å². The topological polar surface area (TPSA) is 84.4 Å². The van der Waals surface area contributed by atoms with Gasteiger partial charge in [0.15, 0.2) is 0 Å². The quantitative estimate of drug-likeness (QED) is 0.283. The minimum Gasteiger partial charge on any atom is -0.456 e. The third-order valence-electron chi connectivity index (χ3n) is 5.94. The summed E-state index contributed by atoms with van der Waals surface area (Å²) in [7, 11) is 1.83. The number of hydrogen-bond acceptors (Lipinski definition) is 6. The number of rotatable bonds is 7. The summed E-state index contributed by atoms with van der Waals surface area (Å²) < 4.78 is 5.42. The molecule has 0 aliphatic carbocycles. The number of nitrogens with zero attached hydrogens (tertiary/aromatic N) is 3. The number of ether oxygens (including phenoxy) is 1. The summed E-state index contributed by atoms with van der Waals surface area (Å²) in [5.41, 5.74) is 2.89. The fourth-order valence-electron chi connectivity index (χ4n) is 3.97. The standard InChI is InChI=1S/C30H24N4O3/c1-34(24-15-16-31-26(18-24)30(36)37-20-21-9-3-2-4-10-21)27-14-8-7-13-25(27)29(35)33-28-17-22-11-5-6-12-23(22)19-32-28/h2-19H,20H2,1H3,(H,32,33,35). The van der Waals surface area contributed by atoms with E-state index in [-0.39, 0.29) is 18.2 Å². The monoisotopic (exact) mass is 488 g/mol. The number of carbonyl (C=O) groups excluding carboxylic acids is 2. The van der Waals surface area contributed by atoms with Gasteiger partial charge in [-0.3, -0.25) is 4.79 Å². The SMILES string of the molecule is CN(c1ccnc(C(=O)OCc2ccccc2)c1)c1ccccc1C(=O)Nc1cc2ccccc2cn1. The Morgan fingerprint density at radius 3 is 2.41 bits per heavy atom. The van der Waals surface area contributed by atoms with Crippen molar-refractivity contribution in [2.24, 2.45) is 0 Å². The average molecular weight is 489 g/mol. The van der Waals surface area contributed by atoms with Crippen molar-refractivity contribution < 1.29 is 14.3 Å². The smallest absolute Gasteiger partial charge is 0.357 e. The van der Waals surface area contributed by atoms with Crippen LogP contribution >= 0.6 is 0 Å². The molecule has 0 radical (unpaired) electrons. The predicted molar refractivity (Wildman–Crippen MR) is 144 cm³/mol. The maximum absolute atomic E-state index is 13.2. The first kappa shape index (κ1) is 23.7. The molecule has 0 atom stereocenters. The van der Waals surface area contributed by atoms with E-state index in [9.17, 15) is 9.59 Å². The summed E-state index contributed by atoms with van der Waals surface area (Å²) in [5.74, 6) is -0.345. The van der Waals surface area contributed by atoms with Crippen LogP contribution in [0.2, 0.25) is 0 Å². The Labute approximate surface area is 214 Å². The molecule has 1 amide bonds. The van der Waals surface area contributed by atoms with Crippen LogP contribution < -0.4 is 10.2 Å². The predicted octanol–water partition coefficient (Wildman–Crippen LogP) is 6.01. The van der Waals surface area contributed by atoms with Crippen molar-refractivity contribution in [1.29, 1.82) is 0 Å². The number of aromatic nitrogens is 2. The van der Waals surface area contributed by atoms with E-state index in [4.69, 9.17) is 4.74 Å². The molecule has 0 saturated heterocycles. The van der Waals surface area contributed by atoms with Gasteiger partial charge in [0.05, 0.1) is 11.3 Å². The van der Waals surface area contributed by atoms with Gasteiger partial charge < -0.3 is 15.0 Å². The minimum atomic E-state index is -0.521. The highest BCUT2D eigenvalue weighted by Crippen LogP contribution is 2.28. The van der Waals surface area contributed by atoms with Crippen LogP contribution in [0.25, 0.3) is 10.8 Å². The first-order valence-electron chi connectivity index (χ1n) is 11.7. The molecule has 0 unspecified atom stereocenters. The van der Waals surface area contributed by atoms with Crippen LogP contribution in [-0.4, -0.2) is 28.9 Å². The van der Waals surface area contributed by atoms with Gasteiger partial charge in [0.1, 0.15) is 18.1 Å². The van der Waals surface area contributed by atoms with E-state index in [0.717, 1.165) is 16.3 Å².